The Morgan fingerprint density at radius 1 is 1.17 bits per heavy atom. The first-order valence-electron chi connectivity index (χ1n) is 7.20. The second kappa shape index (κ2) is 9.06. The standard InChI is InChI=1S/C17H22N2O4.CH4/c1-11(20)14(16(22)19-23)18-15(21)13-7-5-12(6-8-13)9-10-17(2,3)4;/h5-8,11,14,20,23H,1-4H3,(H,18,21)(H,19,22);1H4/t11-,14+;/m1./s1. The van der Waals surface area contributed by atoms with Crippen molar-refractivity contribution in [3.63, 3.8) is 0 Å². The van der Waals surface area contributed by atoms with Crippen molar-refractivity contribution in [2.75, 3.05) is 0 Å². The third-order valence-electron chi connectivity index (χ3n) is 2.89. The molecule has 132 valence electrons. The van der Waals surface area contributed by atoms with Crippen LogP contribution in [0.4, 0.5) is 0 Å². The Balaban J connectivity index is 0.00000529. The lowest BCUT2D eigenvalue weighted by molar-refractivity contribution is -0.133. The molecule has 6 heteroatoms. The van der Waals surface area contributed by atoms with Crippen molar-refractivity contribution >= 4 is 11.8 Å². The van der Waals surface area contributed by atoms with E-state index in [0.29, 0.717) is 5.56 Å². The molecule has 4 N–H and O–H groups in total. The lowest BCUT2D eigenvalue weighted by Gasteiger charge is -2.19. The van der Waals surface area contributed by atoms with Crippen LogP contribution in [0.25, 0.3) is 0 Å². The molecule has 0 unspecified atom stereocenters. The number of hydroxylamine groups is 1. The largest absolute Gasteiger partial charge is 0.391 e. The van der Waals surface area contributed by atoms with Gasteiger partial charge in [-0.15, -0.1) is 0 Å². The molecule has 0 aliphatic carbocycles. The van der Waals surface area contributed by atoms with E-state index in [0.717, 1.165) is 5.56 Å². The summed E-state index contributed by atoms with van der Waals surface area (Å²) in [7, 11) is 0. The van der Waals surface area contributed by atoms with E-state index in [2.05, 4.69) is 17.2 Å². The minimum absolute atomic E-state index is 0. The number of aliphatic hydroxyl groups excluding tert-OH is 1. The fourth-order valence-corrected chi connectivity index (χ4v) is 1.66. The summed E-state index contributed by atoms with van der Waals surface area (Å²) in [5, 5.41) is 20.5. The highest BCUT2D eigenvalue weighted by Gasteiger charge is 2.25. The molecule has 1 aromatic rings. The van der Waals surface area contributed by atoms with Gasteiger partial charge in [0.15, 0.2) is 0 Å². The van der Waals surface area contributed by atoms with Crippen LogP contribution < -0.4 is 10.8 Å². The first kappa shape index (κ1) is 21.6. The Morgan fingerprint density at radius 3 is 2.12 bits per heavy atom. The summed E-state index contributed by atoms with van der Waals surface area (Å²) in [6.07, 6.45) is -1.15. The van der Waals surface area contributed by atoms with Gasteiger partial charge in [0.25, 0.3) is 11.8 Å². The first-order chi connectivity index (χ1) is 10.6. The van der Waals surface area contributed by atoms with Crippen LogP contribution in [0, 0.1) is 17.3 Å². The molecule has 0 aromatic heterocycles. The first-order valence-corrected chi connectivity index (χ1v) is 7.20. The topological polar surface area (TPSA) is 98.7 Å². The number of hydrogen-bond donors (Lipinski definition) is 4. The molecule has 2 atom stereocenters. The van der Waals surface area contributed by atoms with Gasteiger partial charge in [0.2, 0.25) is 0 Å². The average molecular weight is 334 g/mol. The van der Waals surface area contributed by atoms with Gasteiger partial charge in [0.1, 0.15) is 6.04 Å². The highest BCUT2D eigenvalue weighted by atomic mass is 16.5. The van der Waals surface area contributed by atoms with Crippen molar-refractivity contribution < 1.29 is 19.9 Å². The molecule has 6 nitrogen and oxygen atoms in total. The molecule has 0 heterocycles. The summed E-state index contributed by atoms with van der Waals surface area (Å²) in [6.45, 7) is 7.35. The van der Waals surface area contributed by atoms with Crippen LogP contribution in [-0.4, -0.2) is 34.3 Å². The van der Waals surface area contributed by atoms with Crippen LogP contribution in [0.15, 0.2) is 24.3 Å². The van der Waals surface area contributed by atoms with Gasteiger partial charge in [-0.05, 0) is 52.0 Å². The molecule has 0 bridgehead atoms. The van der Waals surface area contributed by atoms with Crippen molar-refractivity contribution in [1.82, 2.24) is 10.8 Å². The lowest BCUT2D eigenvalue weighted by Crippen LogP contribution is -2.51. The Morgan fingerprint density at radius 2 is 1.71 bits per heavy atom. The highest BCUT2D eigenvalue weighted by Crippen LogP contribution is 2.11. The normalized spacial score (nSPS) is 12.8. The zero-order chi connectivity index (χ0) is 17.6. The second-order valence-corrected chi connectivity index (χ2v) is 6.25. The van der Waals surface area contributed by atoms with Gasteiger partial charge in [-0.1, -0.05) is 19.3 Å². The molecule has 2 amide bonds. The highest BCUT2D eigenvalue weighted by molar-refractivity contribution is 5.97. The fraction of sp³-hybridized carbons (Fsp3) is 0.444. The summed E-state index contributed by atoms with van der Waals surface area (Å²) in [5.41, 5.74) is 2.39. The molecule has 0 spiro atoms. The summed E-state index contributed by atoms with van der Waals surface area (Å²) < 4.78 is 0. The molecule has 0 saturated heterocycles. The zero-order valence-corrected chi connectivity index (χ0v) is 13.7. The number of rotatable bonds is 4. The maximum Gasteiger partial charge on any atom is 0.268 e. The van der Waals surface area contributed by atoms with Crippen molar-refractivity contribution in [3.8, 4) is 11.8 Å². The molecule has 0 fully saturated rings. The van der Waals surface area contributed by atoms with Gasteiger partial charge in [-0.2, -0.15) is 0 Å². The smallest absolute Gasteiger partial charge is 0.268 e. The van der Waals surface area contributed by atoms with Gasteiger partial charge < -0.3 is 10.4 Å². The fourth-order valence-electron chi connectivity index (χ4n) is 1.66. The maximum atomic E-state index is 12.1. The van der Waals surface area contributed by atoms with E-state index in [1.54, 1.807) is 24.3 Å². The number of carbonyl (C=O) groups excluding carboxylic acids is 2. The maximum absolute atomic E-state index is 12.1. The van der Waals surface area contributed by atoms with Crippen molar-refractivity contribution in [3.05, 3.63) is 35.4 Å². The SMILES string of the molecule is C.C[C@@H](O)[C@H](NC(=O)c1ccc(C#CC(C)(C)C)cc1)C(=O)NO. The number of hydrogen-bond acceptors (Lipinski definition) is 4. The van der Waals surface area contributed by atoms with Crippen molar-refractivity contribution in [1.29, 1.82) is 0 Å². The van der Waals surface area contributed by atoms with Crippen LogP contribution in [0.5, 0.6) is 0 Å². The predicted octanol–water partition coefficient (Wildman–Crippen LogP) is 1.70. The summed E-state index contributed by atoms with van der Waals surface area (Å²) >= 11 is 0. The van der Waals surface area contributed by atoms with Gasteiger partial charge in [-0.3, -0.25) is 14.8 Å². The summed E-state index contributed by atoms with van der Waals surface area (Å²) in [5.74, 6) is 4.69. The molecule has 0 aliphatic heterocycles. The third-order valence-corrected chi connectivity index (χ3v) is 2.89. The summed E-state index contributed by atoms with van der Waals surface area (Å²) in [4.78, 5) is 23.5. The van der Waals surface area contributed by atoms with Gasteiger partial charge in [0, 0.05) is 16.5 Å². The number of aliphatic hydroxyl groups is 1. The Kier molecular flexibility index (Phi) is 8.17. The number of amides is 2. The van der Waals surface area contributed by atoms with E-state index in [4.69, 9.17) is 5.21 Å². The molecule has 24 heavy (non-hydrogen) atoms. The molecule has 1 rings (SSSR count). The molecule has 0 radical (unpaired) electrons. The van der Waals surface area contributed by atoms with Crippen molar-refractivity contribution in [2.24, 2.45) is 5.41 Å². The van der Waals surface area contributed by atoms with Crippen LogP contribution in [0.2, 0.25) is 0 Å². The lowest BCUT2D eigenvalue weighted by atomic mass is 9.97. The Bertz CT molecular complexity index is 619. The zero-order valence-electron chi connectivity index (χ0n) is 13.7. The van der Waals surface area contributed by atoms with E-state index in [1.807, 2.05) is 20.8 Å². The third kappa shape index (κ3) is 6.82. The van der Waals surface area contributed by atoms with Crippen LogP contribution in [0.3, 0.4) is 0 Å². The van der Waals surface area contributed by atoms with E-state index in [-0.39, 0.29) is 12.8 Å². The van der Waals surface area contributed by atoms with Gasteiger partial charge in [-0.25, -0.2) is 5.48 Å². The van der Waals surface area contributed by atoms with Crippen molar-refractivity contribution in [2.45, 2.75) is 47.3 Å². The minimum atomic E-state index is -1.24. The average Bonchev–Trinajstić information content (AvgIpc) is 2.49. The molecule has 0 aliphatic rings. The number of benzene rings is 1. The summed E-state index contributed by atoms with van der Waals surface area (Å²) in [6, 6.07) is 5.33. The Labute approximate surface area is 143 Å². The predicted molar refractivity (Wildman–Crippen MR) is 92.4 cm³/mol. The van der Waals surface area contributed by atoms with Crippen LogP contribution >= 0.6 is 0 Å². The van der Waals surface area contributed by atoms with Gasteiger partial charge >= 0.3 is 0 Å². The second-order valence-electron chi connectivity index (χ2n) is 6.25. The minimum Gasteiger partial charge on any atom is -0.391 e. The number of carbonyl (C=O) groups is 2. The van der Waals surface area contributed by atoms with Crippen LogP contribution in [0.1, 0.15) is 51.0 Å². The molecule has 1 aromatic carbocycles. The molecular weight excluding hydrogens is 308 g/mol. The molecular formula is C18H26N2O4. The van der Waals surface area contributed by atoms with E-state index in [9.17, 15) is 14.7 Å². The number of nitrogens with one attached hydrogen (secondary N) is 2. The molecule has 0 saturated carbocycles. The quantitative estimate of drug-likeness (QED) is 0.383. The monoisotopic (exact) mass is 334 g/mol. The van der Waals surface area contributed by atoms with Gasteiger partial charge in [0.05, 0.1) is 6.10 Å². The van der Waals surface area contributed by atoms with E-state index >= 15 is 0 Å². The Hall–Kier alpha value is -2.36. The van der Waals surface area contributed by atoms with Crippen LogP contribution in [-0.2, 0) is 4.79 Å². The van der Waals surface area contributed by atoms with E-state index in [1.165, 1.54) is 12.4 Å². The van der Waals surface area contributed by atoms with E-state index < -0.39 is 24.0 Å².